The van der Waals surface area contributed by atoms with Gasteiger partial charge >= 0.3 is 0 Å². The molecule has 8 nitrogen and oxygen atoms in total. The lowest BCUT2D eigenvalue weighted by atomic mass is 9.45. The van der Waals surface area contributed by atoms with Crippen LogP contribution in [0.1, 0.15) is 86.0 Å². The zero-order valence-corrected chi connectivity index (χ0v) is 21.7. The largest absolute Gasteiger partial charge is 0.390 e. The van der Waals surface area contributed by atoms with Crippen molar-refractivity contribution >= 4 is 5.78 Å². The van der Waals surface area contributed by atoms with Gasteiger partial charge in [-0.05, 0) is 94.6 Å². The van der Waals surface area contributed by atoms with Gasteiger partial charge in [-0.15, -0.1) is 0 Å². The summed E-state index contributed by atoms with van der Waals surface area (Å²) in [5, 5.41) is 75.7. The van der Waals surface area contributed by atoms with E-state index in [1.165, 1.54) is 6.08 Å². The smallest absolute Gasteiger partial charge is 0.190 e. The third-order valence-electron chi connectivity index (χ3n) is 10.6. The van der Waals surface area contributed by atoms with Crippen molar-refractivity contribution in [3.63, 3.8) is 0 Å². The van der Waals surface area contributed by atoms with Crippen molar-refractivity contribution in [2.45, 2.75) is 121 Å². The highest BCUT2D eigenvalue weighted by Gasteiger charge is 2.69. The van der Waals surface area contributed by atoms with Gasteiger partial charge in [0.2, 0.25) is 0 Å². The number of carbonyl (C=O) groups is 1. The van der Waals surface area contributed by atoms with Crippen molar-refractivity contribution in [3.05, 3.63) is 11.6 Å². The van der Waals surface area contributed by atoms with E-state index in [2.05, 4.69) is 0 Å². The zero-order valence-electron chi connectivity index (χ0n) is 21.7. The lowest BCUT2D eigenvalue weighted by Gasteiger charge is -2.61. The van der Waals surface area contributed by atoms with Crippen molar-refractivity contribution in [1.82, 2.24) is 0 Å². The maximum absolute atomic E-state index is 13.3. The quantitative estimate of drug-likeness (QED) is 0.279. The van der Waals surface area contributed by atoms with E-state index in [0.717, 1.165) is 0 Å². The van der Waals surface area contributed by atoms with Crippen LogP contribution in [0.5, 0.6) is 0 Å². The highest BCUT2D eigenvalue weighted by Crippen LogP contribution is 2.69. The molecule has 4 aliphatic carbocycles. The van der Waals surface area contributed by atoms with Gasteiger partial charge in [-0.2, -0.15) is 0 Å². The molecule has 0 aromatic heterocycles. The van der Waals surface area contributed by atoms with Gasteiger partial charge < -0.3 is 35.7 Å². The van der Waals surface area contributed by atoms with Crippen LogP contribution in [0.4, 0.5) is 0 Å². The maximum Gasteiger partial charge on any atom is 0.190 e. The Morgan fingerprint density at radius 1 is 1.03 bits per heavy atom. The van der Waals surface area contributed by atoms with E-state index < -0.39 is 57.5 Å². The van der Waals surface area contributed by atoms with Crippen LogP contribution >= 0.6 is 0 Å². The average Bonchev–Trinajstić information content (AvgIpc) is 3.00. The first-order chi connectivity index (χ1) is 15.8. The fourth-order valence-corrected chi connectivity index (χ4v) is 8.30. The minimum absolute atomic E-state index is 0.0437. The van der Waals surface area contributed by atoms with Gasteiger partial charge in [-0.1, -0.05) is 13.8 Å². The first-order valence-electron chi connectivity index (χ1n) is 13.0. The zero-order chi connectivity index (χ0) is 26.4. The fourth-order valence-electron chi connectivity index (χ4n) is 8.30. The summed E-state index contributed by atoms with van der Waals surface area (Å²) in [5.74, 6) is -3.89. The van der Waals surface area contributed by atoms with Crippen molar-refractivity contribution in [2.75, 3.05) is 0 Å². The second kappa shape index (κ2) is 8.06. The van der Waals surface area contributed by atoms with Gasteiger partial charge in [0.05, 0.1) is 22.9 Å². The molecule has 0 radical (unpaired) electrons. The monoisotopic (exact) mass is 496 g/mol. The first-order valence-corrected chi connectivity index (χ1v) is 13.0. The summed E-state index contributed by atoms with van der Waals surface area (Å²) in [5.41, 5.74) is -4.73. The molecule has 9 atom stereocenters. The van der Waals surface area contributed by atoms with Crippen LogP contribution in [-0.4, -0.2) is 76.3 Å². The number of fused-ring (bicyclic) bond motifs is 5. The number of aliphatic hydroxyl groups is 7. The predicted octanol–water partition coefficient (Wildman–Crippen LogP) is 1.17. The maximum atomic E-state index is 13.3. The molecule has 0 aromatic carbocycles. The number of aliphatic hydroxyl groups excluding tert-OH is 2. The molecule has 35 heavy (non-hydrogen) atoms. The topological polar surface area (TPSA) is 159 Å². The van der Waals surface area contributed by atoms with Crippen LogP contribution in [0.2, 0.25) is 0 Å². The summed E-state index contributed by atoms with van der Waals surface area (Å²) in [4.78, 5) is 13.3. The van der Waals surface area contributed by atoms with Gasteiger partial charge in [0.15, 0.2) is 11.6 Å². The lowest BCUT2D eigenvalue weighted by Crippen LogP contribution is -2.64. The van der Waals surface area contributed by atoms with E-state index in [0.29, 0.717) is 37.7 Å². The highest BCUT2D eigenvalue weighted by molar-refractivity contribution is 5.95. The number of rotatable bonds is 5. The molecule has 0 aromatic rings. The molecule has 200 valence electrons. The van der Waals surface area contributed by atoms with Crippen LogP contribution in [-0.2, 0) is 4.79 Å². The van der Waals surface area contributed by atoms with Crippen LogP contribution < -0.4 is 0 Å². The Hall–Kier alpha value is -0.870. The summed E-state index contributed by atoms with van der Waals surface area (Å²) in [6.07, 6.45) is 1.33. The molecule has 8 heteroatoms. The Morgan fingerprint density at radius 3 is 2.26 bits per heavy atom. The van der Waals surface area contributed by atoms with Gasteiger partial charge in [-0.25, -0.2) is 0 Å². The van der Waals surface area contributed by atoms with Crippen molar-refractivity contribution in [3.8, 4) is 0 Å². The van der Waals surface area contributed by atoms with Crippen molar-refractivity contribution in [1.29, 1.82) is 0 Å². The van der Waals surface area contributed by atoms with E-state index in [4.69, 9.17) is 0 Å². The lowest BCUT2D eigenvalue weighted by molar-refractivity contribution is -0.272. The van der Waals surface area contributed by atoms with E-state index in [1.807, 2.05) is 13.8 Å². The summed E-state index contributed by atoms with van der Waals surface area (Å²) < 4.78 is 0. The summed E-state index contributed by atoms with van der Waals surface area (Å²) in [6, 6.07) is 0. The Labute approximate surface area is 207 Å². The molecule has 3 saturated carbocycles. The first kappa shape index (κ1) is 27.2. The van der Waals surface area contributed by atoms with E-state index in [9.17, 15) is 40.5 Å². The van der Waals surface area contributed by atoms with Gasteiger partial charge in [-0.3, -0.25) is 4.79 Å². The van der Waals surface area contributed by atoms with E-state index >= 15 is 0 Å². The normalized spacial score (nSPS) is 45.6. The fraction of sp³-hybridized carbons (Fsp3) is 0.889. The Morgan fingerprint density at radius 2 is 1.66 bits per heavy atom. The number of hydrogen-bond donors (Lipinski definition) is 7. The molecule has 0 bridgehead atoms. The molecule has 0 saturated heterocycles. The summed E-state index contributed by atoms with van der Waals surface area (Å²) >= 11 is 0. The standard InChI is InChI=1S/C27H44O8/c1-22(2,31)9-8-20(29)25(5,32)19-7-11-26(33)16-12-18(28)17-13-27(34,35)21(30)14-23(17,3)15(16)6-10-24(19,26)4/h12,15,17,19-21,29-35H,6-11,13-14H2,1-5H3/t15-,17-,19-,20?,21-,23+,24+,25+,26+/m0/s1. The Balaban J connectivity index is 1.67. The van der Waals surface area contributed by atoms with Gasteiger partial charge in [0.25, 0.3) is 0 Å². The van der Waals surface area contributed by atoms with Gasteiger partial charge in [0.1, 0.15) is 6.10 Å². The van der Waals surface area contributed by atoms with Crippen LogP contribution in [0.25, 0.3) is 0 Å². The molecule has 7 N–H and O–H groups in total. The molecular weight excluding hydrogens is 452 g/mol. The number of hydrogen-bond acceptors (Lipinski definition) is 8. The number of allylic oxidation sites excluding steroid dienone is 1. The van der Waals surface area contributed by atoms with Crippen LogP contribution in [0.3, 0.4) is 0 Å². The molecule has 0 heterocycles. The van der Waals surface area contributed by atoms with Crippen molar-refractivity contribution < 1.29 is 40.5 Å². The van der Waals surface area contributed by atoms with E-state index in [1.54, 1.807) is 20.8 Å². The molecule has 4 rings (SSSR count). The second-order valence-electron chi connectivity index (χ2n) is 13.4. The third-order valence-corrected chi connectivity index (χ3v) is 10.6. The highest BCUT2D eigenvalue weighted by atomic mass is 16.5. The minimum atomic E-state index is -2.32. The molecule has 1 unspecified atom stereocenters. The minimum Gasteiger partial charge on any atom is -0.390 e. The second-order valence-corrected chi connectivity index (χ2v) is 13.4. The SMILES string of the molecule is CC(C)(O)CCC(O)[C@](C)(O)[C@H]1CC[C@@]2(O)C3=CC(=O)[C@@H]4CC(O)(O)[C@@H](O)C[C@]4(C)[C@H]3CC[C@]12C. The summed E-state index contributed by atoms with van der Waals surface area (Å²) in [6.45, 7) is 8.75. The average molecular weight is 497 g/mol. The van der Waals surface area contributed by atoms with Gasteiger partial charge in [0, 0.05) is 17.8 Å². The Kier molecular flexibility index (Phi) is 6.26. The molecule has 0 aliphatic heterocycles. The van der Waals surface area contributed by atoms with Crippen LogP contribution in [0.15, 0.2) is 11.6 Å². The molecular formula is C27H44O8. The molecule has 3 fully saturated rings. The number of ketones is 1. The third kappa shape index (κ3) is 3.95. The van der Waals surface area contributed by atoms with E-state index in [-0.39, 0.29) is 31.0 Å². The Bertz CT molecular complexity index is 903. The number of carbonyl (C=O) groups excluding carboxylic acids is 1. The van der Waals surface area contributed by atoms with Crippen molar-refractivity contribution in [2.24, 2.45) is 28.6 Å². The molecule has 4 aliphatic rings. The van der Waals surface area contributed by atoms with Crippen LogP contribution in [0, 0.1) is 28.6 Å². The predicted molar refractivity (Wildman–Crippen MR) is 128 cm³/mol. The molecule has 0 spiro atoms. The molecule has 0 amide bonds. The summed E-state index contributed by atoms with van der Waals surface area (Å²) in [7, 11) is 0.